The summed E-state index contributed by atoms with van der Waals surface area (Å²) in [6, 6.07) is 4.21. The highest BCUT2D eigenvalue weighted by molar-refractivity contribution is 6.30. The van der Waals surface area contributed by atoms with Crippen LogP contribution in [0.4, 0.5) is 10.1 Å². The van der Waals surface area contributed by atoms with E-state index < -0.39 is 5.82 Å². The number of anilines is 1. The number of carbonyl (C=O) groups is 1. The van der Waals surface area contributed by atoms with Crippen molar-refractivity contribution in [1.29, 1.82) is 0 Å². The number of hydrogen-bond donors (Lipinski definition) is 1. The summed E-state index contributed by atoms with van der Waals surface area (Å²) in [4.78, 5) is 11.6. The number of amides is 1. The van der Waals surface area contributed by atoms with Crippen molar-refractivity contribution in [3.05, 3.63) is 29.0 Å². The smallest absolute Gasteiger partial charge is 0.224 e. The zero-order valence-corrected chi connectivity index (χ0v) is 10.9. The Morgan fingerprint density at radius 1 is 1.53 bits per heavy atom. The second kappa shape index (κ2) is 6.60. The maximum absolute atomic E-state index is 13.4. The van der Waals surface area contributed by atoms with Gasteiger partial charge in [0.1, 0.15) is 5.82 Å². The normalized spacial score (nSPS) is 12.2. The molecule has 1 amide bonds. The molecule has 2 nitrogen and oxygen atoms in total. The largest absolute Gasteiger partial charge is 0.324 e. The molecule has 0 aromatic heterocycles. The highest BCUT2D eigenvalue weighted by Crippen LogP contribution is 2.19. The van der Waals surface area contributed by atoms with Gasteiger partial charge in [0.2, 0.25) is 5.91 Å². The molecule has 4 heteroatoms. The van der Waals surface area contributed by atoms with Gasteiger partial charge in [-0.15, -0.1) is 0 Å². The molecule has 94 valence electrons. The van der Waals surface area contributed by atoms with Crippen LogP contribution in [0.2, 0.25) is 5.02 Å². The fraction of sp³-hybridized carbons (Fsp3) is 0.462. The first-order chi connectivity index (χ1) is 8.02. The summed E-state index contributed by atoms with van der Waals surface area (Å²) >= 11 is 5.63. The topological polar surface area (TPSA) is 29.1 Å². The lowest BCUT2D eigenvalue weighted by atomic mass is 10.0. The molecular formula is C13H17ClFNO. The fourth-order valence-electron chi connectivity index (χ4n) is 1.70. The summed E-state index contributed by atoms with van der Waals surface area (Å²) in [6.45, 7) is 4.09. The first-order valence-electron chi connectivity index (χ1n) is 5.77. The second-order valence-electron chi connectivity index (χ2n) is 4.27. The minimum atomic E-state index is -0.506. The monoisotopic (exact) mass is 257 g/mol. The van der Waals surface area contributed by atoms with Gasteiger partial charge in [-0.3, -0.25) is 4.79 Å². The lowest BCUT2D eigenvalue weighted by Gasteiger charge is -2.11. The molecule has 1 N–H and O–H groups in total. The molecular weight excluding hydrogens is 241 g/mol. The molecule has 0 spiro atoms. The molecule has 1 unspecified atom stereocenters. The highest BCUT2D eigenvalue weighted by Gasteiger charge is 2.10. The van der Waals surface area contributed by atoms with Crippen LogP contribution in [-0.2, 0) is 4.79 Å². The summed E-state index contributed by atoms with van der Waals surface area (Å²) in [5, 5.41) is 2.87. The van der Waals surface area contributed by atoms with E-state index in [4.69, 9.17) is 11.6 Å². The highest BCUT2D eigenvalue weighted by atomic mass is 35.5. The Hall–Kier alpha value is -1.09. The van der Waals surface area contributed by atoms with Crippen molar-refractivity contribution in [2.75, 3.05) is 5.32 Å². The van der Waals surface area contributed by atoms with E-state index in [0.717, 1.165) is 12.8 Å². The Bertz CT molecular complexity index is 395. The van der Waals surface area contributed by atoms with Crippen molar-refractivity contribution in [3.63, 3.8) is 0 Å². The Labute approximate surface area is 106 Å². The molecule has 1 rings (SSSR count). The van der Waals surface area contributed by atoms with Crippen LogP contribution in [0.25, 0.3) is 0 Å². The summed E-state index contributed by atoms with van der Waals surface area (Å²) < 4.78 is 13.4. The van der Waals surface area contributed by atoms with E-state index >= 15 is 0 Å². The number of hydrogen-bond acceptors (Lipinski definition) is 1. The molecule has 0 aliphatic carbocycles. The Morgan fingerprint density at radius 3 is 2.82 bits per heavy atom. The minimum absolute atomic E-state index is 0.160. The number of halogens is 2. The third-order valence-corrected chi connectivity index (χ3v) is 2.76. The average Bonchev–Trinajstić information content (AvgIpc) is 2.22. The molecule has 0 heterocycles. The van der Waals surface area contributed by atoms with E-state index in [-0.39, 0.29) is 11.6 Å². The average molecular weight is 258 g/mol. The van der Waals surface area contributed by atoms with Crippen LogP contribution < -0.4 is 5.32 Å². The molecule has 0 aliphatic rings. The van der Waals surface area contributed by atoms with Crippen molar-refractivity contribution >= 4 is 23.2 Å². The van der Waals surface area contributed by atoms with Gasteiger partial charge in [-0.05, 0) is 24.1 Å². The SMILES string of the molecule is CCCC(C)CC(=O)Nc1ccc(Cl)cc1F. The minimum Gasteiger partial charge on any atom is -0.324 e. The van der Waals surface area contributed by atoms with Gasteiger partial charge in [-0.25, -0.2) is 4.39 Å². The second-order valence-corrected chi connectivity index (χ2v) is 4.71. The molecule has 0 fully saturated rings. The predicted octanol–water partition coefficient (Wildman–Crippen LogP) is 4.24. The van der Waals surface area contributed by atoms with Crippen LogP contribution in [0.3, 0.4) is 0 Å². The van der Waals surface area contributed by atoms with E-state index in [1.54, 1.807) is 6.07 Å². The van der Waals surface area contributed by atoms with Crippen molar-refractivity contribution in [3.8, 4) is 0 Å². The lowest BCUT2D eigenvalue weighted by Crippen LogP contribution is -2.15. The summed E-state index contributed by atoms with van der Waals surface area (Å²) in [5.74, 6) is -0.350. The molecule has 0 saturated carbocycles. The van der Waals surface area contributed by atoms with Crippen LogP contribution in [0.5, 0.6) is 0 Å². The lowest BCUT2D eigenvalue weighted by molar-refractivity contribution is -0.117. The summed E-state index contributed by atoms with van der Waals surface area (Å²) in [7, 11) is 0. The molecule has 0 bridgehead atoms. The Balaban J connectivity index is 2.56. The van der Waals surface area contributed by atoms with E-state index in [9.17, 15) is 9.18 Å². The van der Waals surface area contributed by atoms with Gasteiger partial charge in [0.05, 0.1) is 5.69 Å². The van der Waals surface area contributed by atoms with E-state index in [1.807, 2.05) is 6.92 Å². The van der Waals surface area contributed by atoms with Crippen molar-refractivity contribution in [1.82, 2.24) is 0 Å². The van der Waals surface area contributed by atoms with Crippen LogP contribution in [0, 0.1) is 11.7 Å². The number of rotatable bonds is 5. The molecule has 0 aliphatic heterocycles. The third kappa shape index (κ3) is 4.73. The molecule has 1 atom stereocenters. The first-order valence-corrected chi connectivity index (χ1v) is 6.15. The van der Waals surface area contributed by atoms with E-state index in [1.165, 1.54) is 12.1 Å². The quantitative estimate of drug-likeness (QED) is 0.840. The summed E-state index contributed by atoms with van der Waals surface area (Å²) in [5.41, 5.74) is 0.183. The third-order valence-electron chi connectivity index (χ3n) is 2.52. The standard InChI is InChI=1S/C13H17ClFNO/c1-3-4-9(2)7-13(17)16-12-6-5-10(14)8-11(12)15/h5-6,8-9H,3-4,7H2,1-2H3,(H,16,17). The van der Waals surface area contributed by atoms with Gasteiger partial charge in [-0.1, -0.05) is 38.3 Å². The van der Waals surface area contributed by atoms with Gasteiger partial charge in [0.15, 0.2) is 0 Å². The maximum Gasteiger partial charge on any atom is 0.224 e. The zero-order valence-electron chi connectivity index (χ0n) is 10.1. The van der Waals surface area contributed by atoms with Crippen molar-refractivity contribution in [2.24, 2.45) is 5.92 Å². The van der Waals surface area contributed by atoms with Gasteiger partial charge in [0.25, 0.3) is 0 Å². The Kier molecular flexibility index (Phi) is 5.42. The number of nitrogens with one attached hydrogen (secondary N) is 1. The van der Waals surface area contributed by atoms with E-state index in [2.05, 4.69) is 12.2 Å². The molecule has 0 radical (unpaired) electrons. The van der Waals surface area contributed by atoms with Gasteiger partial charge in [0, 0.05) is 11.4 Å². The molecule has 1 aromatic carbocycles. The molecule has 1 aromatic rings. The van der Waals surface area contributed by atoms with Gasteiger partial charge >= 0.3 is 0 Å². The van der Waals surface area contributed by atoms with Crippen molar-refractivity contribution in [2.45, 2.75) is 33.1 Å². The van der Waals surface area contributed by atoms with Crippen LogP contribution in [0.1, 0.15) is 33.1 Å². The zero-order chi connectivity index (χ0) is 12.8. The number of benzene rings is 1. The summed E-state index contributed by atoms with van der Waals surface area (Å²) in [6.07, 6.45) is 2.45. The first kappa shape index (κ1) is 14.0. The fourth-order valence-corrected chi connectivity index (χ4v) is 1.86. The van der Waals surface area contributed by atoms with Crippen LogP contribution in [-0.4, -0.2) is 5.91 Å². The van der Waals surface area contributed by atoms with Gasteiger partial charge < -0.3 is 5.32 Å². The Morgan fingerprint density at radius 2 is 2.24 bits per heavy atom. The van der Waals surface area contributed by atoms with Crippen LogP contribution in [0.15, 0.2) is 18.2 Å². The molecule has 17 heavy (non-hydrogen) atoms. The van der Waals surface area contributed by atoms with Crippen LogP contribution >= 0.6 is 11.6 Å². The van der Waals surface area contributed by atoms with E-state index in [0.29, 0.717) is 17.4 Å². The van der Waals surface area contributed by atoms with Gasteiger partial charge in [-0.2, -0.15) is 0 Å². The van der Waals surface area contributed by atoms with Crippen molar-refractivity contribution < 1.29 is 9.18 Å². The molecule has 0 saturated heterocycles. The maximum atomic E-state index is 13.4. The number of carbonyl (C=O) groups excluding carboxylic acids is 1. The predicted molar refractivity (Wildman–Crippen MR) is 68.7 cm³/mol.